The minimum absolute atomic E-state index is 0.0658. The summed E-state index contributed by atoms with van der Waals surface area (Å²) in [5, 5.41) is 23.2. The molecule has 0 amide bonds. The van der Waals surface area contributed by atoms with Gasteiger partial charge < -0.3 is 5.21 Å². The lowest BCUT2D eigenvalue weighted by Crippen LogP contribution is -2.33. The van der Waals surface area contributed by atoms with Crippen LogP contribution >= 0.6 is 0 Å². The van der Waals surface area contributed by atoms with Gasteiger partial charge in [0.05, 0.1) is 22.6 Å². The molecule has 5 heteroatoms. The Morgan fingerprint density at radius 1 is 1.00 bits per heavy atom. The van der Waals surface area contributed by atoms with E-state index in [4.69, 9.17) is 0 Å². The number of pyridine rings is 1. The quantitative estimate of drug-likeness (QED) is 0.365. The van der Waals surface area contributed by atoms with Crippen molar-refractivity contribution < 1.29 is 9.65 Å². The van der Waals surface area contributed by atoms with Crippen molar-refractivity contribution >= 4 is 5.69 Å². The van der Waals surface area contributed by atoms with Crippen molar-refractivity contribution in [3.05, 3.63) is 62.0 Å². The molecule has 0 aliphatic rings. The first-order valence-electron chi connectivity index (χ1n) is 6.28. The molecule has 0 saturated carbocycles. The van der Waals surface area contributed by atoms with Gasteiger partial charge in [-0.2, -0.15) is 4.73 Å². The maximum absolute atomic E-state index is 12.2. The van der Waals surface area contributed by atoms with E-state index in [1.165, 1.54) is 12.1 Å². The molecular formula is C15H16N2O3. The number of hydrogen-bond donors (Lipinski definition) is 0. The van der Waals surface area contributed by atoms with Gasteiger partial charge in [-0.1, -0.05) is 17.7 Å². The van der Waals surface area contributed by atoms with E-state index in [0.717, 1.165) is 27.0 Å². The van der Waals surface area contributed by atoms with Crippen LogP contribution in [0, 0.1) is 43.0 Å². The van der Waals surface area contributed by atoms with Crippen molar-refractivity contribution in [2.75, 3.05) is 0 Å². The van der Waals surface area contributed by atoms with Gasteiger partial charge in [-0.25, -0.2) is 0 Å². The summed E-state index contributed by atoms with van der Waals surface area (Å²) in [4.78, 5) is 10.5. The number of nitro groups is 1. The van der Waals surface area contributed by atoms with Crippen LogP contribution in [0.25, 0.3) is 11.3 Å². The fourth-order valence-electron chi connectivity index (χ4n) is 2.57. The molecule has 104 valence electrons. The summed E-state index contributed by atoms with van der Waals surface area (Å²) in [7, 11) is 0. The molecule has 5 nitrogen and oxygen atoms in total. The fraction of sp³-hybridized carbons (Fsp3) is 0.267. The molecule has 0 fully saturated rings. The highest BCUT2D eigenvalue weighted by Crippen LogP contribution is 2.28. The molecule has 0 spiro atoms. The molecular weight excluding hydrogens is 256 g/mol. The van der Waals surface area contributed by atoms with Crippen molar-refractivity contribution in [2.24, 2.45) is 0 Å². The van der Waals surface area contributed by atoms with Crippen molar-refractivity contribution in [3.63, 3.8) is 0 Å². The Kier molecular flexibility index (Phi) is 3.44. The number of benzene rings is 1. The van der Waals surface area contributed by atoms with Crippen LogP contribution in [0.1, 0.15) is 22.4 Å². The van der Waals surface area contributed by atoms with Crippen molar-refractivity contribution in [2.45, 2.75) is 27.7 Å². The molecule has 0 bridgehead atoms. The predicted octanol–water partition coefficient (Wildman–Crippen LogP) is 3.13. The molecule has 0 unspecified atom stereocenters. The van der Waals surface area contributed by atoms with E-state index in [0.29, 0.717) is 11.4 Å². The molecule has 0 aliphatic heterocycles. The number of nitrogens with zero attached hydrogens (tertiary/aromatic N) is 2. The van der Waals surface area contributed by atoms with Gasteiger partial charge >= 0.3 is 0 Å². The highest BCUT2D eigenvalue weighted by atomic mass is 16.6. The maximum atomic E-state index is 12.2. The maximum Gasteiger partial charge on any atom is 0.282 e. The average Bonchev–Trinajstić information content (AvgIpc) is 2.32. The lowest BCUT2D eigenvalue weighted by Gasteiger charge is -2.12. The molecule has 0 saturated heterocycles. The summed E-state index contributed by atoms with van der Waals surface area (Å²) in [6.45, 7) is 7.36. The number of rotatable bonds is 2. The zero-order valence-electron chi connectivity index (χ0n) is 11.9. The second kappa shape index (κ2) is 4.92. The molecule has 2 aromatic rings. The predicted molar refractivity (Wildman–Crippen MR) is 76.4 cm³/mol. The van der Waals surface area contributed by atoms with Crippen LogP contribution < -0.4 is 4.73 Å². The third-order valence-corrected chi connectivity index (χ3v) is 3.32. The Bertz CT molecular complexity index is 686. The van der Waals surface area contributed by atoms with Crippen LogP contribution in [0.3, 0.4) is 0 Å². The Hall–Kier alpha value is -2.43. The normalized spacial score (nSPS) is 10.6. The van der Waals surface area contributed by atoms with Crippen LogP contribution in [0.2, 0.25) is 0 Å². The number of aryl methyl sites for hydroxylation is 4. The molecule has 2 rings (SSSR count). The topological polar surface area (TPSA) is 70.1 Å². The second-order valence-corrected chi connectivity index (χ2v) is 5.07. The minimum atomic E-state index is -0.477. The van der Waals surface area contributed by atoms with Gasteiger partial charge in [0.1, 0.15) is 0 Å². The van der Waals surface area contributed by atoms with E-state index >= 15 is 0 Å². The SMILES string of the molecule is Cc1cc(C)c(-c2cc([N+](=O)[O-])cc(C)[n+]2[O-])c(C)c1. The third kappa shape index (κ3) is 2.34. The van der Waals surface area contributed by atoms with Gasteiger partial charge in [0.2, 0.25) is 5.69 Å². The Morgan fingerprint density at radius 3 is 2.05 bits per heavy atom. The highest BCUT2D eigenvalue weighted by molar-refractivity contribution is 5.67. The van der Waals surface area contributed by atoms with E-state index in [2.05, 4.69) is 0 Å². The zero-order chi connectivity index (χ0) is 15.0. The van der Waals surface area contributed by atoms with Crippen LogP contribution in [0.5, 0.6) is 0 Å². The van der Waals surface area contributed by atoms with Gasteiger partial charge in [0, 0.05) is 6.92 Å². The minimum Gasteiger partial charge on any atom is -0.618 e. The standard InChI is InChI=1S/C15H16N2O3/c1-9-5-10(2)15(11(3)6-9)14-8-13(17(19)20)7-12(4)16(14)18/h5-8H,1-4H3. The first-order valence-corrected chi connectivity index (χ1v) is 6.28. The number of hydrogen-bond acceptors (Lipinski definition) is 3. The smallest absolute Gasteiger partial charge is 0.282 e. The van der Waals surface area contributed by atoms with Gasteiger partial charge in [-0.3, -0.25) is 10.1 Å². The molecule has 0 radical (unpaired) electrons. The number of aromatic nitrogens is 1. The Morgan fingerprint density at radius 2 is 1.55 bits per heavy atom. The summed E-state index contributed by atoms with van der Waals surface area (Å²) in [5.74, 6) is 0. The summed E-state index contributed by atoms with van der Waals surface area (Å²) < 4.78 is 0.748. The van der Waals surface area contributed by atoms with E-state index < -0.39 is 4.92 Å². The Labute approximate surface area is 117 Å². The van der Waals surface area contributed by atoms with Gasteiger partial charge in [-0.05, 0) is 31.9 Å². The summed E-state index contributed by atoms with van der Waals surface area (Å²) in [6.07, 6.45) is 0. The lowest BCUT2D eigenvalue weighted by molar-refractivity contribution is -0.601. The van der Waals surface area contributed by atoms with Gasteiger partial charge in [0.25, 0.3) is 5.69 Å². The highest BCUT2D eigenvalue weighted by Gasteiger charge is 2.22. The van der Waals surface area contributed by atoms with Crippen molar-refractivity contribution in [1.29, 1.82) is 0 Å². The van der Waals surface area contributed by atoms with Crippen molar-refractivity contribution in [3.8, 4) is 11.3 Å². The second-order valence-electron chi connectivity index (χ2n) is 5.07. The van der Waals surface area contributed by atoms with Crippen molar-refractivity contribution in [1.82, 2.24) is 0 Å². The zero-order valence-corrected chi connectivity index (χ0v) is 11.9. The summed E-state index contributed by atoms with van der Waals surface area (Å²) in [5.41, 5.74) is 4.31. The van der Waals surface area contributed by atoms with E-state index in [1.807, 2.05) is 32.9 Å². The fourth-order valence-corrected chi connectivity index (χ4v) is 2.57. The van der Waals surface area contributed by atoms with Crippen LogP contribution in [0.15, 0.2) is 24.3 Å². The first kappa shape index (κ1) is 14.0. The largest absolute Gasteiger partial charge is 0.618 e. The molecule has 0 N–H and O–H groups in total. The van der Waals surface area contributed by atoms with Crippen LogP contribution in [-0.4, -0.2) is 4.92 Å². The third-order valence-electron chi connectivity index (χ3n) is 3.32. The van der Waals surface area contributed by atoms with Crippen LogP contribution in [0.4, 0.5) is 5.69 Å². The molecule has 1 aromatic carbocycles. The molecule has 0 aliphatic carbocycles. The van der Waals surface area contributed by atoms with Gasteiger partial charge in [-0.15, -0.1) is 0 Å². The first-order chi connectivity index (χ1) is 9.31. The molecule has 0 atom stereocenters. The molecule has 20 heavy (non-hydrogen) atoms. The van der Waals surface area contributed by atoms with Gasteiger partial charge in [0.15, 0.2) is 5.69 Å². The summed E-state index contributed by atoms with van der Waals surface area (Å²) >= 11 is 0. The van der Waals surface area contributed by atoms with Crippen LogP contribution in [-0.2, 0) is 0 Å². The monoisotopic (exact) mass is 272 g/mol. The van der Waals surface area contributed by atoms with E-state index in [9.17, 15) is 15.3 Å². The lowest BCUT2D eigenvalue weighted by atomic mass is 9.96. The summed E-state index contributed by atoms with van der Waals surface area (Å²) in [6, 6.07) is 6.56. The Balaban J connectivity index is 2.79. The molecule has 1 heterocycles. The molecule has 1 aromatic heterocycles. The van der Waals surface area contributed by atoms with E-state index in [-0.39, 0.29) is 5.69 Å². The van der Waals surface area contributed by atoms with E-state index in [1.54, 1.807) is 6.92 Å². The average molecular weight is 272 g/mol.